The van der Waals surface area contributed by atoms with Gasteiger partial charge in [-0.3, -0.25) is 0 Å². The van der Waals surface area contributed by atoms with Crippen LogP contribution in [0, 0.1) is 0 Å². The minimum Gasteiger partial charge on any atom is -0.400 e. The van der Waals surface area contributed by atoms with Crippen LogP contribution in [0.25, 0.3) is 0 Å². The monoisotopic (exact) mass is 522 g/mol. The molecule has 0 aliphatic carbocycles. The summed E-state index contributed by atoms with van der Waals surface area (Å²) in [5.74, 6) is 0. The second kappa shape index (κ2) is 12.6. The van der Waals surface area contributed by atoms with E-state index in [0.29, 0.717) is 5.25 Å². The molecule has 0 aliphatic heterocycles. The molecule has 0 fully saturated rings. The van der Waals surface area contributed by atoms with Crippen molar-refractivity contribution in [1.82, 2.24) is 0 Å². The molecule has 190 valence electrons. The molecule has 1 nitrogen and oxygen atoms in total. The van der Waals surface area contributed by atoms with Crippen molar-refractivity contribution in [1.29, 1.82) is 0 Å². The molecule has 4 aromatic rings. The Morgan fingerprint density at radius 1 is 0.703 bits per heavy atom. The SMILES string of the molecule is CC(/C=C/C[C@@H](O[Si](c1ccccc1)(c1ccccc1)C(C)(C)C)c1ccccc1)Sc1ccccc1. The third-order valence-corrected chi connectivity index (χ3v) is 12.8. The number of hydrogen-bond donors (Lipinski definition) is 0. The molecule has 4 rings (SSSR count). The lowest BCUT2D eigenvalue weighted by Crippen LogP contribution is -2.66. The Labute approximate surface area is 228 Å². The van der Waals surface area contributed by atoms with Crippen LogP contribution in [0.4, 0.5) is 0 Å². The van der Waals surface area contributed by atoms with Gasteiger partial charge in [-0.1, -0.05) is 142 Å². The highest BCUT2D eigenvalue weighted by molar-refractivity contribution is 8.00. The van der Waals surface area contributed by atoms with Crippen LogP contribution >= 0.6 is 11.8 Å². The predicted octanol–water partition coefficient (Wildman–Crippen LogP) is 8.43. The first-order valence-electron chi connectivity index (χ1n) is 13.1. The Hall–Kier alpha value is -2.85. The Bertz CT molecular complexity index is 1200. The second-order valence-corrected chi connectivity index (χ2v) is 16.2. The van der Waals surface area contributed by atoms with Crippen molar-refractivity contribution in [2.24, 2.45) is 0 Å². The van der Waals surface area contributed by atoms with Crippen molar-refractivity contribution in [2.75, 3.05) is 0 Å². The molecule has 0 aliphatic rings. The molecular formula is C34H38OSSi. The molecule has 0 bridgehead atoms. The van der Waals surface area contributed by atoms with Crippen LogP contribution in [-0.4, -0.2) is 13.6 Å². The van der Waals surface area contributed by atoms with Gasteiger partial charge in [-0.2, -0.15) is 0 Å². The zero-order chi connectivity index (χ0) is 26.1. The summed E-state index contributed by atoms with van der Waals surface area (Å²) in [5.41, 5.74) is 1.23. The van der Waals surface area contributed by atoms with Crippen LogP contribution in [0.1, 0.15) is 45.8 Å². The first-order valence-corrected chi connectivity index (χ1v) is 15.9. The molecule has 0 radical (unpaired) electrons. The van der Waals surface area contributed by atoms with Gasteiger partial charge < -0.3 is 4.43 Å². The molecule has 0 saturated carbocycles. The summed E-state index contributed by atoms with van der Waals surface area (Å²) in [6.07, 6.45) is 5.42. The molecule has 0 N–H and O–H groups in total. The topological polar surface area (TPSA) is 9.23 Å². The van der Waals surface area contributed by atoms with E-state index in [1.807, 2.05) is 11.8 Å². The third-order valence-electron chi connectivity index (χ3n) is 6.73. The van der Waals surface area contributed by atoms with Crippen molar-refractivity contribution in [3.05, 3.63) is 139 Å². The van der Waals surface area contributed by atoms with Crippen molar-refractivity contribution in [3.63, 3.8) is 0 Å². The summed E-state index contributed by atoms with van der Waals surface area (Å²) < 4.78 is 7.54. The molecule has 0 amide bonds. The van der Waals surface area contributed by atoms with E-state index in [4.69, 9.17) is 4.43 Å². The molecule has 0 saturated heterocycles. The summed E-state index contributed by atoms with van der Waals surface area (Å²) in [6, 6.07) is 43.2. The van der Waals surface area contributed by atoms with Gasteiger partial charge >= 0.3 is 0 Å². The largest absolute Gasteiger partial charge is 0.400 e. The van der Waals surface area contributed by atoms with Gasteiger partial charge in [0.15, 0.2) is 0 Å². The number of hydrogen-bond acceptors (Lipinski definition) is 2. The predicted molar refractivity (Wildman–Crippen MR) is 163 cm³/mol. The van der Waals surface area contributed by atoms with E-state index >= 15 is 0 Å². The molecule has 37 heavy (non-hydrogen) atoms. The van der Waals surface area contributed by atoms with Gasteiger partial charge in [0.1, 0.15) is 0 Å². The maximum Gasteiger partial charge on any atom is 0.261 e. The Balaban J connectivity index is 1.70. The average molecular weight is 523 g/mol. The highest BCUT2D eigenvalue weighted by Crippen LogP contribution is 2.40. The van der Waals surface area contributed by atoms with Crippen LogP contribution < -0.4 is 10.4 Å². The van der Waals surface area contributed by atoms with Gasteiger partial charge in [-0.05, 0) is 46.5 Å². The highest BCUT2D eigenvalue weighted by Gasteiger charge is 2.51. The molecule has 2 atom stereocenters. The minimum absolute atomic E-state index is 0.0438. The van der Waals surface area contributed by atoms with Crippen molar-refractivity contribution >= 4 is 30.5 Å². The fourth-order valence-electron chi connectivity index (χ4n) is 4.97. The van der Waals surface area contributed by atoms with Crippen LogP contribution in [0.3, 0.4) is 0 Å². The lowest BCUT2D eigenvalue weighted by molar-refractivity contribution is 0.194. The summed E-state index contributed by atoms with van der Waals surface area (Å²) in [7, 11) is -2.67. The summed E-state index contributed by atoms with van der Waals surface area (Å²) in [4.78, 5) is 1.29. The average Bonchev–Trinajstić information content (AvgIpc) is 2.92. The second-order valence-electron chi connectivity index (χ2n) is 10.5. The van der Waals surface area contributed by atoms with Gasteiger partial charge in [0.25, 0.3) is 8.32 Å². The molecule has 3 heteroatoms. The van der Waals surface area contributed by atoms with Crippen LogP contribution in [0.5, 0.6) is 0 Å². The van der Waals surface area contributed by atoms with Gasteiger partial charge in [0.2, 0.25) is 0 Å². The summed E-state index contributed by atoms with van der Waals surface area (Å²) in [5, 5.41) is 2.94. The Morgan fingerprint density at radius 3 is 1.65 bits per heavy atom. The maximum atomic E-state index is 7.54. The minimum atomic E-state index is -2.67. The number of benzene rings is 4. The molecule has 0 heterocycles. The molecular weight excluding hydrogens is 485 g/mol. The summed E-state index contributed by atoms with van der Waals surface area (Å²) in [6.45, 7) is 9.29. The highest BCUT2D eigenvalue weighted by atomic mass is 32.2. The zero-order valence-corrected chi connectivity index (χ0v) is 24.2. The number of thioether (sulfide) groups is 1. The van der Waals surface area contributed by atoms with Crippen LogP contribution in [0.15, 0.2) is 138 Å². The van der Waals surface area contributed by atoms with E-state index in [2.05, 4.69) is 161 Å². The van der Waals surface area contributed by atoms with E-state index in [1.165, 1.54) is 20.8 Å². The normalized spacial score (nSPS) is 13.9. The van der Waals surface area contributed by atoms with Crippen molar-refractivity contribution in [2.45, 2.75) is 55.4 Å². The van der Waals surface area contributed by atoms with Crippen molar-refractivity contribution < 1.29 is 4.43 Å². The van der Waals surface area contributed by atoms with E-state index in [1.54, 1.807) is 0 Å². The lowest BCUT2D eigenvalue weighted by Gasteiger charge is -2.45. The maximum absolute atomic E-state index is 7.54. The van der Waals surface area contributed by atoms with E-state index in [-0.39, 0.29) is 11.1 Å². The van der Waals surface area contributed by atoms with Gasteiger partial charge in [-0.15, -0.1) is 11.8 Å². The molecule has 1 unspecified atom stereocenters. The third kappa shape index (κ3) is 6.73. The smallest absolute Gasteiger partial charge is 0.261 e. The van der Waals surface area contributed by atoms with Gasteiger partial charge in [-0.25, -0.2) is 0 Å². The molecule has 0 spiro atoms. The van der Waals surface area contributed by atoms with E-state index < -0.39 is 8.32 Å². The fourth-order valence-corrected chi connectivity index (χ4v) is 10.6. The van der Waals surface area contributed by atoms with Crippen LogP contribution in [-0.2, 0) is 4.43 Å². The van der Waals surface area contributed by atoms with Gasteiger partial charge in [0.05, 0.1) is 6.10 Å². The van der Waals surface area contributed by atoms with Crippen LogP contribution in [0.2, 0.25) is 5.04 Å². The zero-order valence-electron chi connectivity index (χ0n) is 22.4. The molecule has 0 aromatic heterocycles. The van der Waals surface area contributed by atoms with E-state index in [0.717, 1.165) is 6.42 Å². The molecule has 4 aromatic carbocycles. The quantitative estimate of drug-likeness (QED) is 0.117. The standard InChI is InChI=1S/C34H38OSSi/c1-28(36-30-21-11-6-12-22-30)18-17-27-33(29-19-9-5-10-20-29)35-37(34(2,3)4,31-23-13-7-14-24-31)32-25-15-8-16-26-32/h5-26,28,33H,27H2,1-4H3/b18-17+/t28?,33-/m1/s1. The van der Waals surface area contributed by atoms with Gasteiger partial charge in [0, 0.05) is 10.1 Å². The van der Waals surface area contributed by atoms with E-state index in [9.17, 15) is 0 Å². The first kappa shape index (κ1) is 27.2. The lowest BCUT2D eigenvalue weighted by atomic mass is 10.1. The number of rotatable bonds is 10. The fraction of sp³-hybridized carbons (Fsp3) is 0.235. The summed E-state index contributed by atoms with van der Waals surface area (Å²) >= 11 is 1.88. The van der Waals surface area contributed by atoms with Crippen molar-refractivity contribution in [3.8, 4) is 0 Å². The Kier molecular flexibility index (Phi) is 9.26. The first-order chi connectivity index (χ1) is 17.9. The Morgan fingerprint density at radius 2 is 1.16 bits per heavy atom.